The number of halogens is 1. The minimum absolute atomic E-state index is 0.0367. The quantitative estimate of drug-likeness (QED) is 0.305. The van der Waals surface area contributed by atoms with Crippen LogP contribution in [0.3, 0.4) is 0 Å². The molecule has 2 heterocycles. The lowest BCUT2D eigenvalue weighted by molar-refractivity contribution is -0.532. The molecule has 38 heavy (non-hydrogen) atoms. The van der Waals surface area contributed by atoms with E-state index in [0.717, 1.165) is 0 Å². The molecule has 3 aromatic carbocycles. The molecule has 0 unspecified atom stereocenters. The second-order valence-electron chi connectivity index (χ2n) is 9.25. The maximum absolute atomic E-state index is 13.2. The first kappa shape index (κ1) is 25.6. The highest BCUT2D eigenvalue weighted by molar-refractivity contribution is 9.10. The van der Waals surface area contributed by atoms with E-state index in [1.54, 1.807) is 48.5 Å². The van der Waals surface area contributed by atoms with Gasteiger partial charge < -0.3 is 14.8 Å². The molecule has 11 nitrogen and oxygen atoms in total. The molecule has 1 amide bonds. The molecular weight excluding hydrogens is 560 g/mol. The Hall–Kier alpha value is -4.03. The maximum Gasteiger partial charge on any atom is 0.269 e. The van der Waals surface area contributed by atoms with Gasteiger partial charge in [0, 0.05) is 34.3 Å². The van der Waals surface area contributed by atoms with Crippen molar-refractivity contribution in [1.82, 2.24) is 5.32 Å². The molecule has 0 radical (unpaired) electrons. The summed E-state index contributed by atoms with van der Waals surface area (Å²) in [5.41, 5.74) is 0.699. The lowest BCUT2D eigenvalue weighted by Crippen LogP contribution is -2.54. The van der Waals surface area contributed by atoms with Crippen LogP contribution in [0.1, 0.15) is 29.5 Å². The predicted molar refractivity (Wildman–Crippen MR) is 141 cm³/mol. The first-order valence-corrected chi connectivity index (χ1v) is 12.5. The number of para-hydroxylation sites is 1. The summed E-state index contributed by atoms with van der Waals surface area (Å²) in [7, 11) is 1.45. The molecule has 0 aromatic heterocycles. The Balaban J connectivity index is 1.51. The first-order valence-electron chi connectivity index (χ1n) is 11.7. The highest BCUT2D eigenvalue weighted by Crippen LogP contribution is 2.51. The van der Waals surface area contributed by atoms with Gasteiger partial charge in [-0.3, -0.25) is 30.3 Å². The lowest BCUT2D eigenvalue weighted by atomic mass is 9.78. The molecule has 2 aliphatic heterocycles. The van der Waals surface area contributed by atoms with E-state index < -0.39 is 39.3 Å². The van der Waals surface area contributed by atoms with Gasteiger partial charge in [-0.15, -0.1) is 0 Å². The van der Waals surface area contributed by atoms with Gasteiger partial charge in [0.1, 0.15) is 6.61 Å². The number of carbonyl (C=O) groups is 1. The molecule has 4 atom stereocenters. The highest BCUT2D eigenvalue weighted by atomic mass is 79.9. The third-order valence-corrected chi connectivity index (χ3v) is 7.69. The number of nitrogens with zero attached hydrogens (tertiary/aromatic N) is 2. The summed E-state index contributed by atoms with van der Waals surface area (Å²) >= 11 is 3.50. The van der Waals surface area contributed by atoms with Crippen molar-refractivity contribution >= 4 is 33.2 Å². The minimum Gasteiger partial charge on any atom is -0.493 e. The summed E-state index contributed by atoms with van der Waals surface area (Å²) in [4.78, 5) is 36.0. The topological polar surface area (TPSA) is 146 Å². The van der Waals surface area contributed by atoms with Crippen LogP contribution in [0.5, 0.6) is 11.5 Å². The number of ether oxygens (including phenoxy) is 2. The van der Waals surface area contributed by atoms with E-state index in [1.165, 1.54) is 19.2 Å². The summed E-state index contributed by atoms with van der Waals surface area (Å²) < 4.78 is 12.0. The second-order valence-corrected chi connectivity index (χ2v) is 10.1. The van der Waals surface area contributed by atoms with Crippen LogP contribution < -0.4 is 20.1 Å². The van der Waals surface area contributed by atoms with Gasteiger partial charge in [-0.05, 0) is 52.2 Å². The highest BCUT2D eigenvalue weighted by Gasteiger charge is 2.67. The van der Waals surface area contributed by atoms with Crippen molar-refractivity contribution in [3.05, 3.63) is 102 Å². The van der Waals surface area contributed by atoms with Gasteiger partial charge in [0.2, 0.25) is 0 Å². The molecule has 196 valence electrons. The number of anilines is 1. The predicted octanol–water partition coefficient (Wildman–Crippen LogP) is 4.51. The normalized spacial score (nSPS) is 23.7. The Bertz CT molecular complexity index is 1470. The number of hydrogen-bond donors (Lipinski definition) is 2. The van der Waals surface area contributed by atoms with E-state index in [0.29, 0.717) is 38.3 Å². The van der Waals surface area contributed by atoms with E-state index in [2.05, 4.69) is 26.6 Å². The average molecular weight is 583 g/mol. The van der Waals surface area contributed by atoms with Crippen molar-refractivity contribution in [2.75, 3.05) is 12.4 Å². The van der Waals surface area contributed by atoms with Gasteiger partial charge in [0.05, 0.1) is 22.4 Å². The van der Waals surface area contributed by atoms with Crippen molar-refractivity contribution in [2.45, 2.75) is 37.1 Å². The molecular formula is C26H23BrN4O7. The Morgan fingerprint density at radius 1 is 1.08 bits per heavy atom. The number of non-ortho nitro benzene ring substituents is 1. The number of nitro groups is 2. The number of nitrogens with one attached hydrogen (secondary N) is 2. The summed E-state index contributed by atoms with van der Waals surface area (Å²) in [6.45, 7) is 1.85. The Morgan fingerprint density at radius 2 is 1.84 bits per heavy atom. The molecule has 1 fully saturated rings. The maximum atomic E-state index is 13.2. The fraction of sp³-hybridized carbons (Fsp3) is 0.269. The molecule has 0 saturated carbocycles. The van der Waals surface area contributed by atoms with Crippen LogP contribution in [0.2, 0.25) is 0 Å². The van der Waals surface area contributed by atoms with Crippen molar-refractivity contribution < 1.29 is 24.1 Å². The molecule has 2 N–H and O–H groups in total. The summed E-state index contributed by atoms with van der Waals surface area (Å²) in [5.74, 6) is -0.473. The zero-order valence-corrected chi connectivity index (χ0v) is 21.9. The number of benzene rings is 3. The summed E-state index contributed by atoms with van der Waals surface area (Å²) in [6, 6.07) is 14.7. The Labute approximate surface area is 225 Å². The fourth-order valence-electron chi connectivity index (χ4n) is 5.54. The molecule has 3 aromatic rings. The first-order chi connectivity index (χ1) is 18.2. The monoisotopic (exact) mass is 582 g/mol. The van der Waals surface area contributed by atoms with E-state index >= 15 is 0 Å². The lowest BCUT2D eigenvalue weighted by Gasteiger charge is -2.25. The number of fused-ring (bicyclic) bond motifs is 2. The molecule has 1 saturated heterocycles. The van der Waals surface area contributed by atoms with Crippen LogP contribution in [0, 0.1) is 20.2 Å². The van der Waals surface area contributed by atoms with E-state index in [9.17, 15) is 25.0 Å². The van der Waals surface area contributed by atoms with Gasteiger partial charge in [0.25, 0.3) is 17.6 Å². The van der Waals surface area contributed by atoms with Crippen molar-refractivity contribution in [3.8, 4) is 11.5 Å². The zero-order valence-electron chi connectivity index (χ0n) is 20.3. The van der Waals surface area contributed by atoms with E-state index in [4.69, 9.17) is 9.47 Å². The number of amides is 1. The van der Waals surface area contributed by atoms with Crippen LogP contribution in [0.4, 0.5) is 11.4 Å². The third kappa shape index (κ3) is 4.05. The van der Waals surface area contributed by atoms with E-state index in [1.807, 2.05) is 6.92 Å². The standard InChI is InChI=1S/C26H23BrN4O7/c1-14-22(24(31(35)36)26(29-14)18-8-3-4-9-20(18)28-25(26)32)16-11-19(27)23(21(12-16)37-2)38-13-15-6-5-7-17(10-15)30(33)34/h3-12,14,22,24,29H,13H2,1-2H3,(H,28,32)/t14-,22-,24+,26-/m0/s1. The van der Waals surface area contributed by atoms with Gasteiger partial charge in [0.15, 0.2) is 17.0 Å². The number of carbonyl (C=O) groups excluding carboxylic acids is 1. The third-order valence-electron chi connectivity index (χ3n) is 7.10. The van der Waals surface area contributed by atoms with Gasteiger partial charge >= 0.3 is 0 Å². The van der Waals surface area contributed by atoms with Crippen LogP contribution >= 0.6 is 15.9 Å². The van der Waals surface area contributed by atoms with Crippen molar-refractivity contribution in [1.29, 1.82) is 0 Å². The van der Waals surface area contributed by atoms with E-state index in [-0.39, 0.29) is 12.3 Å². The van der Waals surface area contributed by atoms with Crippen LogP contribution in [-0.4, -0.2) is 34.9 Å². The molecule has 1 spiro atoms. The minimum atomic E-state index is -1.53. The largest absolute Gasteiger partial charge is 0.493 e. The average Bonchev–Trinajstić information content (AvgIpc) is 3.36. The van der Waals surface area contributed by atoms with Crippen LogP contribution in [-0.2, 0) is 16.9 Å². The number of hydrogen-bond acceptors (Lipinski definition) is 8. The number of nitro benzene ring substituents is 1. The Morgan fingerprint density at radius 3 is 2.55 bits per heavy atom. The van der Waals surface area contributed by atoms with Gasteiger partial charge in [-0.25, -0.2) is 0 Å². The number of rotatable bonds is 7. The molecule has 0 aliphatic carbocycles. The fourth-order valence-corrected chi connectivity index (χ4v) is 6.12. The van der Waals surface area contributed by atoms with Crippen molar-refractivity contribution in [3.63, 3.8) is 0 Å². The molecule has 0 bridgehead atoms. The zero-order chi connectivity index (χ0) is 27.2. The SMILES string of the molecule is COc1cc([C@@H]2[C@H](C)N[C@]3(C(=O)Nc4ccccc43)[C@@H]2[N+](=O)[O-])cc(Br)c1OCc1cccc([N+](=O)[O-])c1. The van der Waals surface area contributed by atoms with Crippen LogP contribution in [0.15, 0.2) is 65.1 Å². The second kappa shape index (κ2) is 9.69. The van der Waals surface area contributed by atoms with Crippen molar-refractivity contribution in [2.24, 2.45) is 0 Å². The molecule has 2 aliphatic rings. The smallest absolute Gasteiger partial charge is 0.269 e. The molecule has 5 rings (SSSR count). The summed E-state index contributed by atoms with van der Waals surface area (Å²) in [6.07, 6.45) is 0. The van der Waals surface area contributed by atoms with Gasteiger partial charge in [-0.2, -0.15) is 0 Å². The number of methoxy groups -OCH3 is 1. The molecule has 12 heteroatoms. The summed E-state index contributed by atoms with van der Waals surface area (Å²) in [5, 5.41) is 29.7. The Kier molecular flexibility index (Phi) is 6.53. The van der Waals surface area contributed by atoms with Crippen LogP contribution in [0.25, 0.3) is 0 Å². The van der Waals surface area contributed by atoms with Gasteiger partial charge in [-0.1, -0.05) is 30.3 Å².